The summed E-state index contributed by atoms with van der Waals surface area (Å²) in [7, 11) is -4.23. The number of hydrogen-bond acceptors (Lipinski definition) is 3. The molecule has 0 heterocycles. The summed E-state index contributed by atoms with van der Waals surface area (Å²) in [5.74, 6) is -0.455. The molecule has 0 spiro atoms. The predicted molar refractivity (Wildman–Crippen MR) is 59.4 cm³/mol. The van der Waals surface area contributed by atoms with Gasteiger partial charge in [-0.05, 0) is 29.7 Å². The van der Waals surface area contributed by atoms with Crippen molar-refractivity contribution in [2.75, 3.05) is 6.01 Å². The van der Waals surface area contributed by atoms with Gasteiger partial charge >= 0.3 is 10.1 Å². The fourth-order valence-electron chi connectivity index (χ4n) is 1.46. The normalized spacial score (nSPS) is 11.6. The molecular formula is C11H8F2O3S. The molecule has 2 aromatic carbocycles. The van der Waals surface area contributed by atoms with Crippen LogP contribution in [0.25, 0.3) is 10.8 Å². The number of fused-ring (bicyclic) bond motifs is 1. The molecule has 2 rings (SSSR count). The van der Waals surface area contributed by atoms with E-state index < -0.39 is 21.9 Å². The van der Waals surface area contributed by atoms with Crippen LogP contribution < -0.4 is 4.18 Å². The monoisotopic (exact) mass is 258 g/mol. The summed E-state index contributed by atoms with van der Waals surface area (Å²) >= 11 is 0. The number of halogens is 2. The standard InChI is InChI=1S/C11H8F2O3S/c12-7-17(14,15)16-11-3-1-2-8-6-9(13)4-5-10(8)11/h1-6H,7H2. The zero-order chi connectivity index (χ0) is 12.5. The molecule has 0 unspecified atom stereocenters. The molecule has 0 atom stereocenters. The van der Waals surface area contributed by atoms with E-state index in [1.165, 1.54) is 30.3 Å². The van der Waals surface area contributed by atoms with Crippen LogP contribution in [0.4, 0.5) is 8.78 Å². The average molecular weight is 258 g/mol. The van der Waals surface area contributed by atoms with Crippen LogP contribution in [-0.2, 0) is 10.1 Å². The number of hydrogen-bond donors (Lipinski definition) is 0. The number of alkyl halides is 1. The van der Waals surface area contributed by atoms with Crippen molar-refractivity contribution < 1.29 is 21.4 Å². The predicted octanol–water partition coefficient (Wildman–Crippen LogP) is 2.61. The van der Waals surface area contributed by atoms with Crippen LogP contribution in [0.1, 0.15) is 0 Å². The first-order chi connectivity index (χ1) is 8.02. The second-order valence-corrected chi connectivity index (χ2v) is 4.87. The van der Waals surface area contributed by atoms with Crippen molar-refractivity contribution in [1.82, 2.24) is 0 Å². The molecule has 0 saturated heterocycles. The zero-order valence-electron chi connectivity index (χ0n) is 8.56. The maximum atomic E-state index is 13.0. The Hall–Kier alpha value is -1.69. The zero-order valence-corrected chi connectivity index (χ0v) is 9.38. The summed E-state index contributed by atoms with van der Waals surface area (Å²) in [6.07, 6.45) is 0. The Balaban J connectivity index is 2.55. The van der Waals surface area contributed by atoms with Gasteiger partial charge in [0.2, 0.25) is 6.01 Å². The molecule has 0 N–H and O–H groups in total. The van der Waals surface area contributed by atoms with Gasteiger partial charge in [-0.3, -0.25) is 0 Å². The highest BCUT2D eigenvalue weighted by atomic mass is 32.2. The largest absolute Gasteiger partial charge is 0.380 e. The number of benzene rings is 2. The van der Waals surface area contributed by atoms with Gasteiger partial charge in [0.25, 0.3) is 0 Å². The molecule has 2 aromatic rings. The third-order valence-electron chi connectivity index (χ3n) is 2.15. The van der Waals surface area contributed by atoms with E-state index in [2.05, 4.69) is 4.18 Å². The summed E-state index contributed by atoms with van der Waals surface area (Å²) in [5, 5.41) is 0.891. The van der Waals surface area contributed by atoms with E-state index in [9.17, 15) is 17.2 Å². The highest BCUT2D eigenvalue weighted by molar-refractivity contribution is 7.86. The topological polar surface area (TPSA) is 43.4 Å². The fraction of sp³-hybridized carbons (Fsp3) is 0.0909. The van der Waals surface area contributed by atoms with Crippen LogP contribution in [0, 0.1) is 5.82 Å². The van der Waals surface area contributed by atoms with E-state index in [0.29, 0.717) is 10.8 Å². The minimum Gasteiger partial charge on any atom is -0.380 e. The Labute approximate surface area is 96.8 Å². The van der Waals surface area contributed by atoms with Crippen LogP contribution in [0.2, 0.25) is 0 Å². The first kappa shape index (κ1) is 11.8. The van der Waals surface area contributed by atoms with Crippen LogP contribution in [0.3, 0.4) is 0 Å². The molecule has 17 heavy (non-hydrogen) atoms. The molecule has 0 fully saturated rings. The third-order valence-corrected chi connectivity index (χ3v) is 2.85. The van der Waals surface area contributed by atoms with Crippen molar-refractivity contribution >= 4 is 20.9 Å². The minimum atomic E-state index is -4.23. The quantitative estimate of drug-likeness (QED) is 0.795. The van der Waals surface area contributed by atoms with Crippen molar-refractivity contribution in [1.29, 1.82) is 0 Å². The first-order valence-electron chi connectivity index (χ1n) is 4.68. The molecule has 6 heteroatoms. The smallest absolute Gasteiger partial charge is 0.339 e. The summed E-state index contributed by atoms with van der Waals surface area (Å²) in [4.78, 5) is 0. The molecule has 3 nitrogen and oxygen atoms in total. The summed E-state index contributed by atoms with van der Waals surface area (Å²) < 4.78 is 51.7. The average Bonchev–Trinajstić information content (AvgIpc) is 2.28. The third kappa shape index (κ3) is 2.52. The molecule has 0 bridgehead atoms. The van der Waals surface area contributed by atoms with Crippen molar-refractivity contribution in [3.05, 3.63) is 42.2 Å². The van der Waals surface area contributed by atoms with Gasteiger partial charge < -0.3 is 4.18 Å². The maximum absolute atomic E-state index is 13.0. The molecule has 0 saturated carbocycles. The highest BCUT2D eigenvalue weighted by Gasteiger charge is 2.13. The molecule has 0 aliphatic carbocycles. The lowest BCUT2D eigenvalue weighted by Gasteiger charge is -2.07. The van der Waals surface area contributed by atoms with Gasteiger partial charge in [-0.1, -0.05) is 12.1 Å². The van der Waals surface area contributed by atoms with Crippen LogP contribution in [-0.4, -0.2) is 14.4 Å². The SMILES string of the molecule is O=S(=O)(CF)Oc1cccc2cc(F)ccc12. The van der Waals surface area contributed by atoms with Crippen molar-refractivity contribution in [3.63, 3.8) is 0 Å². The van der Waals surface area contributed by atoms with Gasteiger partial charge in [-0.25, -0.2) is 8.78 Å². The lowest BCUT2D eigenvalue weighted by atomic mass is 10.1. The van der Waals surface area contributed by atoms with Gasteiger partial charge in [-0.15, -0.1) is 0 Å². The second kappa shape index (κ2) is 4.29. The van der Waals surface area contributed by atoms with E-state index >= 15 is 0 Å². The Morgan fingerprint density at radius 3 is 2.65 bits per heavy atom. The summed E-state index contributed by atoms with van der Waals surface area (Å²) in [6, 6.07) is 6.69. The van der Waals surface area contributed by atoms with Crippen molar-refractivity contribution in [2.45, 2.75) is 0 Å². The fourth-order valence-corrected chi connectivity index (χ4v) is 1.92. The summed E-state index contributed by atoms with van der Waals surface area (Å²) in [5.41, 5.74) is 0. The van der Waals surface area contributed by atoms with Crippen LogP contribution in [0.15, 0.2) is 36.4 Å². The summed E-state index contributed by atoms with van der Waals surface area (Å²) in [6.45, 7) is 0. The van der Waals surface area contributed by atoms with E-state index in [0.717, 1.165) is 0 Å². The number of rotatable bonds is 3. The molecular weight excluding hydrogens is 250 g/mol. The van der Waals surface area contributed by atoms with E-state index in [4.69, 9.17) is 0 Å². The van der Waals surface area contributed by atoms with E-state index in [-0.39, 0.29) is 5.75 Å². The Morgan fingerprint density at radius 1 is 1.18 bits per heavy atom. The van der Waals surface area contributed by atoms with Gasteiger partial charge in [0.1, 0.15) is 5.82 Å². The lowest BCUT2D eigenvalue weighted by Crippen LogP contribution is -2.10. The Bertz CT molecular complexity index is 653. The van der Waals surface area contributed by atoms with Crippen molar-refractivity contribution in [2.24, 2.45) is 0 Å². The van der Waals surface area contributed by atoms with Gasteiger partial charge in [0, 0.05) is 5.39 Å². The van der Waals surface area contributed by atoms with E-state index in [1.54, 1.807) is 6.07 Å². The van der Waals surface area contributed by atoms with E-state index in [1.807, 2.05) is 0 Å². The maximum Gasteiger partial charge on any atom is 0.339 e. The minimum absolute atomic E-state index is 0.0137. The van der Waals surface area contributed by atoms with Crippen molar-refractivity contribution in [3.8, 4) is 5.75 Å². The molecule has 0 aliphatic rings. The molecule has 0 aliphatic heterocycles. The van der Waals surface area contributed by atoms with Crippen LogP contribution >= 0.6 is 0 Å². The molecule has 0 radical (unpaired) electrons. The Kier molecular flexibility index (Phi) is 2.97. The Morgan fingerprint density at radius 2 is 1.94 bits per heavy atom. The molecule has 0 aromatic heterocycles. The van der Waals surface area contributed by atoms with Crippen LogP contribution in [0.5, 0.6) is 5.75 Å². The lowest BCUT2D eigenvalue weighted by molar-refractivity contribution is 0.453. The van der Waals surface area contributed by atoms with Gasteiger partial charge in [-0.2, -0.15) is 8.42 Å². The second-order valence-electron chi connectivity index (χ2n) is 3.37. The highest BCUT2D eigenvalue weighted by Crippen LogP contribution is 2.27. The van der Waals surface area contributed by atoms with Gasteiger partial charge in [0.05, 0.1) is 0 Å². The molecule has 0 amide bonds. The molecule has 90 valence electrons. The first-order valence-corrected chi connectivity index (χ1v) is 6.26. The van der Waals surface area contributed by atoms with Gasteiger partial charge in [0.15, 0.2) is 5.75 Å².